The molecule has 0 radical (unpaired) electrons. The molecule has 0 atom stereocenters. The molecule has 0 aliphatic carbocycles. The molecule has 0 fully saturated rings. The number of ether oxygens (including phenoxy) is 1. The zero-order chi connectivity index (χ0) is 18.4. The predicted octanol–water partition coefficient (Wildman–Crippen LogP) is 3.72. The van der Waals surface area contributed by atoms with Crippen molar-refractivity contribution in [1.29, 1.82) is 0 Å². The fourth-order valence-corrected chi connectivity index (χ4v) is 2.44. The highest BCUT2D eigenvalue weighted by molar-refractivity contribution is 5.92. The third kappa shape index (κ3) is 4.80. The van der Waals surface area contributed by atoms with Gasteiger partial charge in [-0.05, 0) is 48.9 Å². The molecule has 132 valence electrons. The maximum Gasteiger partial charge on any atom is 0.228 e. The number of aryl methyl sites for hydroxylation is 1. The molecular formula is C20H20N4O2. The van der Waals surface area contributed by atoms with Crippen molar-refractivity contribution in [2.75, 3.05) is 17.7 Å². The number of anilines is 3. The molecule has 0 spiro atoms. The summed E-state index contributed by atoms with van der Waals surface area (Å²) in [5.74, 6) is 1.44. The van der Waals surface area contributed by atoms with E-state index in [1.807, 2.05) is 61.5 Å². The summed E-state index contributed by atoms with van der Waals surface area (Å²) in [6.07, 6.45) is 1.83. The van der Waals surface area contributed by atoms with Crippen LogP contribution in [0.1, 0.15) is 11.3 Å². The first-order valence-electron chi connectivity index (χ1n) is 8.21. The van der Waals surface area contributed by atoms with Gasteiger partial charge in [-0.25, -0.2) is 9.97 Å². The fourth-order valence-electron chi connectivity index (χ4n) is 2.44. The molecule has 2 aromatic carbocycles. The van der Waals surface area contributed by atoms with E-state index in [1.165, 1.54) is 6.33 Å². The Morgan fingerprint density at radius 2 is 1.69 bits per heavy atom. The van der Waals surface area contributed by atoms with E-state index in [-0.39, 0.29) is 5.91 Å². The Labute approximate surface area is 152 Å². The second-order valence-corrected chi connectivity index (χ2v) is 5.82. The molecule has 1 amide bonds. The molecule has 0 aliphatic heterocycles. The largest absolute Gasteiger partial charge is 0.497 e. The highest BCUT2D eigenvalue weighted by Gasteiger charge is 2.05. The average Bonchev–Trinajstić information content (AvgIpc) is 2.64. The number of methoxy groups -OCH3 is 1. The molecule has 26 heavy (non-hydrogen) atoms. The minimum Gasteiger partial charge on any atom is -0.497 e. The summed E-state index contributed by atoms with van der Waals surface area (Å²) in [4.78, 5) is 20.4. The topological polar surface area (TPSA) is 76.1 Å². The van der Waals surface area contributed by atoms with Crippen molar-refractivity contribution < 1.29 is 9.53 Å². The zero-order valence-corrected chi connectivity index (χ0v) is 14.7. The molecule has 0 saturated heterocycles. The van der Waals surface area contributed by atoms with Crippen LogP contribution < -0.4 is 15.4 Å². The van der Waals surface area contributed by atoms with Gasteiger partial charge < -0.3 is 15.4 Å². The smallest absolute Gasteiger partial charge is 0.228 e. The van der Waals surface area contributed by atoms with Gasteiger partial charge >= 0.3 is 0 Å². The van der Waals surface area contributed by atoms with Crippen LogP contribution in [0.5, 0.6) is 5.75 Å². The molecule has 3 rings (SSSR count). The van der Waals surface area contributed by atoms with Crippen molar-refractivity contribution in [2.45, 2.75) is 13.3 Å². The third-order valence-corrected chi connectivity index (χ3v) is 3.77. The molecule has 3 aromatic rings. The van der Waals surface area contributed by atoms with Crippen LogP contribution in [-0.2, 0) is 11.2 Å². The number of benzene rings is 2. The van der Waals surface area contributed by atoms with Gasteiger partial charge in [0.2, 0.25) is 5.91 Å². The van der Waals surface area contributed by atoms with Crippen LogP contribution in [0.25, 0.3) is 0 Å². The SMILES string of the molecule is COc1ccc(CC(=O)Nc2ccc(Nc3cc(C)ncn3)cc2)cc1. The number of nitrogens with zero attached hydrogens (tertiary/aromatic N) is 2. The summed E-state index contributed by atoms with van der Waals surface area (Å²) in [7, 11) is 1.62. The van der Waals surface area contributed by atoms with Crippen molar-refractivity contribution in [3.8, 4) is 5.75 Å². The molecule has 0 aliphatic rings. The van der Waals surface area contributed by atoms with Gasteiger partial charge in [-0.1, -0.05) is 12.1 Å². The van der Waals surface area contributed by atoms with Crippen molar-refractivity contribution >= 4 is 23.1 Å². The Hall–Kier alpha value is -3.41. The van der Waals surface area contributed by atoms with E-state index in [9.17, 15) is 4.79 Å². The minimum absolute atomic E-state index is 0.0673. The molecular weight excluding hydrogens is 328 g/mol. The number of hydrogen-bond donors (Lipinski definition) is 2. The van der Waals surface area contributed by atoms with Gasteiger partial charge in [0.15, 0.2) is 0 Å². The van der Waals surface area contributed by atoms with Crippen LogP contribution in [0.2, 0.25) is 0 Å². The zero-order valence-electron chi connectivity index (χ0n) is 14.7. The second-order valence-electron chi connectivity index (χ2n) is 5.82. The van der Waals surface area contributed by atoms with Crippen LogP contribution >= 0.6 is 0 Å². The molecule has 0 bridgehead atoms. The number of carbonyl (C=O) groups is 1. The predicted molar refractivity (Wildman–Crippen MR) is 102 cm³/mol. The standard InChI is InChI=1S/C20H20N4O2/c1-14-11-19(22-13-21-14)23-16-5-7-17(8-6-16)24-20(25)12-15-3-9-18(26-2)10-4-15/h3-11,13H,12H2,1-2H3,(H,24,25)(H,21,22,23). The number of amides is 1. The van der Waals surface area contributed by atoms with Gasteiger partial charge in [0.05, 0.1) is 13.5 Å². The van der Waals surface area contributed by atoms with Crippen LogP contribution in [0.15, 0.2) is 60.9 Å². The lowest BCUT2D eigenvalue weighted by molar-refractivity contribution is -0.115. The van der Waals surface area contributed by atoms with E-state index < -0.39 is 0 Å². The maximum atomic E-state index is 12.2. The monoisotopic (exact) mass is 348 g/mol. The Kier molecular flexibility index (Phi) is 5.43. The number of nitrogens with one attached hydrogen (secondary N) is 2. The van der Waals surface area contributed by atoms with E-state index in [2.05, 4.69) is 20.6 Å². The Morgan fingerprint density at radius 3 is 2.35 bits per heavy atom. The third-order valence-electron chi connectivity index (χ3n) is 3.77. The lowest BCUT2D eigenvalue weighted by Crippen LogP contribution is -2.14. The number of hydrogen-bond acceptors (Lipinski definition) is 5. The van der Waals surface area contributed by atoms with E-state index >= 15 is 0 Å². The summed E-state index contributed by atoms with van der Waals surface area (Å²) in [5.41, 5.74) is 3.45. The van der Waals surface area contributed by atoms with Crippen LogP contribution in [0, 0.1) is 6.92 Å². The number of rotatable bonds is 6. The molecule has 0 unspecified atom stereocenters. The van der Waals surface area contributed by atoms with E-state index in [1.54, 1.807) is 7.11 Å². The summed E-state index contributed by atoms with van der Waals surface area (Å²) in [6.45, 7) is 1.91. The number of carbonyl (C=O) groups excluding carboxylic acids is 1. The van der Waals surface area contributed by atoms with Gasteiger partial charge in [-0.15, -0.1) is 0 Å². The fraction of sp³-hybridized carbons (Fsp3) is 0.150. The molecule has 6 heteroatoms. The lowest BCUT2D eigenvalue weighted by Gasteiger charge is -2.09. The van der Waals surface area contributed by atoms with Gasteiger partial charge in [-0.2, -0.15) is 0 Å². The molecule has 1 heterocycles. The van der Waals surface area contributed by atoms with Crippen LogP contribution in [0.4, 0.5) is 17.2 Å². The summed E-state index contributed by atoms with van der Waals surface area (Å²) >= 11 is 0. The first-order chi connectivity index (χ1) is 12.6. The average molecular weight is 348 g/mol. The summed E-state index contributed by atoms with van der Waals surface area (Å²) in [6, 6.07) is 16.8. The van der Waals surface area contributed by atoms with E-state index in [0.717, 1.165) is 34.2 Å². The van der Waals surface area contributed by atoms with E-state index in [4.69, 9.17) is 4.74 Å². The molecule has 0 saturated carbocycles. The first kappa shape index (κ1) is 17.4. The van der Waals surface area contributed by atoms with Crippen LogP contribution in [-0.4, -0.2) is 23.0 Å². The van der Waals surface area contributed by atoms with Crippen LogP contribution in [0.3, 0.4) is 0 Å². The number of aromatic nitrogens is 2. The van der Waals surface area contributed by atoms with Gasteiger partial charge in [0.1, 0.15) is 17.9 Å². The van der Waals surface area contributed by atoms with E-state index in [0.29, 0.717) is 6.42 Å². The van der Waals surface area contributed by atoms with Gasteiger partial charge in [-0.3, -0.25) is 4.79 Å². The Morgan fingerprint density at radius 1 is 1.00 bits per heavy atom. The summed E-state index contributed by atoms with van der Waals surface area (Å²) in [5, 5.41) is 6.10. The maximum absolute atomic E-state index is 12.2. The van der Waals surface area contributed by atoms with Crippen molar-refractivity contribution in [3.05, 3.63) is 72.2 Å². The van der Waals surface area contributed by atoms with Gasteiger partial charge in [0.25, 0.3) is 0 Å². The highest BCUT2D eigenvalue weighted by Crippen LogP contribution is 2.18. The van der Waals surface area contributed by atoms with Gasteiger partial charge in [0, 0.05) is 23.1 Å². The first-order valence-corrected chi connectivity index (χ1v) is 8.21. The van der Waals surface area contributed by atoms with Crippen molar-refractivity contribution in [1.82, 2.24) is 9.97 Å². The Balaban J connectivity index is 1.57. The second kappa shape index (κ2) is 8.11. The molecule has 6 nitrogen and oxygen atoms in total. The minimum atomic E-state index is -0.0673. The molecule has 1 aromatic heterocycles. The molecule has 2 N–H and O–H groups in total. The lowest BCUT2D eigenvalue weighted by atomic mass is 10.1. The van der Waals surface area contributed by atoms with Crippen molar-refractivity contribution in [3.63, 3.8) is 0 Å². The summed E-state index contributed by atoms with van der Waals surface area (Å²) < 4.78 is 5.12. The highest BCUT2D eigenvalue weighted by atomic mass is 16.5. The van der Waals surface area contributed by atoms with Crippen molar-refractivity contribution in [2.24, 2.45) is 0 Å². The quantitative estimate of drug-likeness (QED) is 0.710. The Bertz CT molecular complexity index is 877. The normalized spacial score (nSPS) is 10.2.